The molecule has 100 valence electrons. The molecule has 0 fully saturated rings. The van der Waals surface area contributed by atoms with E-state index in [0.717, 1.165) is 18.4 Å². The van der Waals surface area contributed by atoms with Crippen LogP contribution >= 0.6 is 23.2 Å². The maximum Gasteiger partial charge on any atom is 0.139 e. The van der Waals surface area contributed by atoms with Crippen LogP contribution in [0.2, 0.25) is 10.0 Å². The molecule has 2 aromatic rings. The van der Waals surface area contributed by atoms with E-state index in [0.29, 0.717) is 27.4 Å². The first-order valence-electron chi connectivity index (χ1n) is 5.93. The van der Waals surface area contributed by atoms with Crippen LogP contribution in [0.5, 0.6) is 0 Å². The molecule has 0 saturated heterocycles. The van der Waals surface area contributed by atoms with Gasteiger partial charge in [0.25, 0.3) is 0 Å². The van der Waals surface area contributed by atoms with Crippen LogP contribution < -0.4 is 11.1 Å². The molecule has 0 aliphatic carbocycles. The van der Waals surface area contributed by atoms with Crippen molar-refractivity contribution in [3.05, 3.63) is 40.1 Å². The van der Waals surface area contributed by atoms with Gasteiger partial charge in [0.2, 0.25) is 0 Å². The zero-order chi connectivity index (χ0) is 13.8. The minimum atomic E-state index is 0.484. The fraction of sp³-hybridized carbons (Fsp3) is 0.231. The van der Waals surface area contributed by atoms with Crippen LogP contribution in [-0.4, -0.2) is 9.97 Å². The highest BCUT2D eigenvalue weighted by molar-refractivity contribution is 6.35. The van der Waals surface area contributed by atoms with Crippen molar-refractivity contribution in [3.63, 3.8) is 0 Å². The third kappa shape index (κ3) is 3.28. The van der Waals surface area contributed by atoms with Crippen molar-refractivity contribution >= 4 is 40.5 Å². The smallest absolute Gasteiger partial charge is 0.139 e. The van der Waals surface area contributed by atoms with Crippen LogP contribution in [0.1, 0.15) is 18.9 Å². The van der Waals surface area contributed by atoms with Gasteiger partial charge in [0.1, 0.15) is 18.0 Å². The summed E-state index contributed by atoms with van der Waals surface area (Å²) in [6.07, 6.45) is 3.18. The van der Waals surface area contributed by atoms with E-state index in [-0.39, 0.29) is 0 Å². The third-order valence-corrected chi connectivity index (χ3v) is 3.22. The van der Waals surface area contributed by atoms with Gasteiger partial charge in [0, 0.05) is 10.6 Å². The summed E-state index contributed by atoms with van der Waals surface area (Å²) in [6, 6.07) is 5.21. The topological polar surface area (TPSA) is 63.8 Å². The molecule has 0 spiro atoms. The Labute approximate surface area is 122 Å². The Morgan fingerprint density at radius 1 is 1.26 bits per heavy atom. The minimum absolute atomic E-state index is 0.484. The lowest BCUT2D eigenvalue weighted by Crippen LogP contribution is -2.05. The van der Waals surface area contributed by atoms with Crippen LogP contribution in [0.15, 0.2) is 24.5 Å². The number of hydrogen-bond donors (Lipinski definition) is 2. The molecule has 1 aromatic heterocycles. The first-order valence-corrected chi connectivity index (χ1v) is 6.68. The second-order valence-electron chi connectivity index (χ2n) is 4.09. The molecular weight excluding hydrogens is 283 g/mol. The fourth-order valence-electron chi connectivity index (χ4n) is 1.75. The summed E-state index contributed by atoms with van der Waals surface area (Å²) in [4.78, 5) is 8.23. The van der Waals surface area contributed by atoms with Crippen molar-refractivity contribution in [3.8, 4) is 0 Å². The van der Waals surface area contributed by atoms with Crippen molar-refractivity contribution in [1.29, 1.82) is 0 Å². The first kappa shape index (κ1) is 13.9. The predicted molar refractivity (Wildman–Crippen MR) is 80.2 cm³/mol. The normalized spacial score (nSPS) is 10.5. The van der Waals surface area contributed by atoms with Crippen molar-refractivity contribution in [2.75, 3.05) is 11.1 Å². The maximum absolute atomic E-state index is 6.12. The number of benzene rings is 1. The van der Waals surface area contributed by atoms with E-state index in [1.165, 1.54) is 6.33 Å². The zero-order valence-electron chi connectivity index (χ0n) is 10.5. The molecule has 19 heavy (non-hydrogen) atoms. The molecule has 1 aromatic carbocycles. The lowest BCUT2D eigenvalue weighted by atomic mass is 10.1. The zero-order valence-corrected chi connectivity index (χ0v) is 12.0. The van der Waals surface area contributed by atoms with Crippen LogP contribution in [0.4, 0.5) is 17.3 Å². The van der Waals surface area contributed by atoms with Crippen LogP contribution in [0, 0.1) is 0 Å². The molecular formula is C13H14Cl2N4. The molecule has 0 bridgehead atoms. The van der Waals surface area contributed by atoms with E-state index >= 15 is 0 Å². The Balaban J connectivity index is 2.37. The number of aromatic nitrogens is 2. The molecule has 1 heterocycles. The number of nitrogens with two attached hydrogens (primary N) is 1. The van der Waals surface area contributed by atoms with Gasteiger partial charge in [0.05, 0.1) is 10.7 Å². The summed E-state index contributed by atoms with van der Waals surface area (Å²) in [5, 5.41) is 4.34. The van der Waals surface area contributed by atoms with E-state index in [1.807, 2.05) is 0 Å². The number of nitrogens with one attached hydrogen (secondary N) is 1. The largest absolute Gasteiger partial charge is 0.383 e. The van der Waals surface area contributed by atoms with E-state index in [1.54, 1.807) is 18.2 Å². The lowest BCUT2D eigenvalue weighted by Gasteiger charge is -2.13. The quantitative estimate of drug-likeness (QED) is 0.893. The number of anilines is 3. The van der Waals surface area contributed by atoms with Crippen molar-refractivity contribution in [2.45, 2.75) is 19.8 Å². The van der Waals surface area contributed by atoms with Gasteiger partial charge in [-0.1, -0.05) is 36.5 Å². The number of nitrogens with zero attached hydrogens (tertiary/aromatic N) is 2. The van der Waals surface area contributed by atoms with Crippen molar-refractivity contribution in [1.82, 2.24) is 9.97 Å². The molecule has 0 atom stereocenters. The summed E-state index contributed by atoms with van der Waals surface area (Å²) >= 11 is 12.1. The standard InChI is InChI=1S/C13H14Cl2N4/c1-2-3-9-12(16)17-7-18-13(9)19-11-6-8(14)4-5-10(11)15/h4-7H,2-3H2,1H3,(H3,16,17,18,19). The second kappa shape index (κ2) is 6.08. The average molecular weight is 297 g/mol. The molecule has 0 unspecified atom stereocenters. The first-order chi connectivity index (χ1) is 9.11. The highest BCUT2D eigenvalue weighted by Gasteiger charge is 2.10. The Morgan fingerprint density at radius 3 is 2.79 bits per heavy atom. The average Bonchev–Trinajstić information content (AvgIpc) is 2.38. The number of halogens is 2. The summed E-state index contributed by atoms with van der Waals surface area (Å²) < 4.78 is 0. The summed E-state index contributed by atoms with van der Waals surface area (Å²) in [7, 11) is 0. The second-order valence-corrected chi connectivity index (χ2v) is 4.93. The van der Waals surface area contributed by atoms with Gasteiger partial charge in [-0.15, -0.1) is 0 Å². The Hall–Kier alpha value is -1.52. The summed E-state index contributed by atoms with van der Waals surface area (Å²) in [5.41, 5.74) is 7.47. The Morgan fingerprint density at radius 2 is 2.05 bits per heavy atom. The molecule has 2 rings (SSSR count). The van der Waals surface area contributed by atoms with Crippen molar-refractivity contribution in [2.24, 2.45) is 0 Å². The van der Waals surface area contributed by atoms with Gasteiger partial charge in [0.15, 0.2) is 0 Å². The van der Waals surface area contributed by atoms with E-state index < -0.39 is 0 Å². The van der Waals surface area contributed by atoms with E-state index in [9.17, 15) is 0 Å². The highest BCUT2D eigenvalue weighted by Crippen LogP contribution is 2.30. The van der Waals surface area contributed by atoms with Gasteiger partial charge < -0.3 is 11.1 Å². The lowest BCUT2D eigenvalue weighted by molar-refractivity contribution is 0.908. The molecule has 3 N–H and O–H groups in total. The SMILES string of the molecule is CCCc1c(N)ncnc1Nc1cc(Cl)ccc1Cl. The van der Waals surface area contributed by atoms with Gasteiger partial charge in [-0.25, -0.2) is 9.97 Å². The van der Waals surface area contributed by atoms with Crippen LogP contribution in [-0.2, 0) is 6.42 Å². The molecule has 4 nitrogen and oxygen atoms in total. The van der Waals surface area contributed by atoms with Gasteiger partial charge in [-0.2, -0.15) is 0 Å². The van der Waals surface area contributed by atoms with Gasteiger partial charge >= 0.3 is 0 Å². The van der Waals surface area contributed by atoms with E-state index in [4.69, 9.17) is 28.9 Å². The minimum Gasteiger partial charge on any atom is -0.383 e. The van der Waals surface area contributed by atoms with Crippen LogP contribution in [0.25, 0.3) is 0 Å². The number of nitrogen functional groups attached to an aromatic ring is 1. The maximum atomic E-state index is 6.12. The predicted octanol–water partition coefficient (Wildman–Crippen LogP) is 4.06. The molecule has 6 heteroatoms. The Bertz CT molecular complexity index is 587. The Kier molecular flexibility index (Phi) is 4.45. The number of rotatable bonds is 4. The molecule has 0 saturated carbocycles. The molecule has 0 amide bonds. The van der Waals surface area contributed by atoms with Crippen molar-refractivity contribution < 1.29 is 0 Å². The summed E-state index contributed by atoms with van der Waals surface area (Å²) in [6.45, 7) is 2.07. The van der Waals surface area contributed by atoms with Gasteiger partial charge in [-0.3, -0.25) is 0 Å². The number of hydrogen-bond acceptors (Lipinski definition) is 4. The highest BCUT2D eigenvalue weighted by atomic mass is 35.5. The third-order valence-electron chi connectivity index (χ3n) is 2.66. The molecule has 0 aliphatic rings. The summed E-state index contributed by atoms with van der Waals surface area (Å²) in [5.74, 6) is 1.15. The monoisotopic (exact) mass is 296 g/mol. The van der Waals surface area contributed by atoms with Gasteiger partial charge in [-0.05, 0) is 24.6 Å². The molecule has 0 aliphatic heterocycles. The van der Waals surface area contributed by atoms with E-state index in [2.05, 4.69) is 22.2 Å². The van der Waals surface area contributed by atoms with Crippen LogP contribution in [0.3, 0.4) is 0 Å². The molecule has 0 radical (unpaired) electrons. The fourth-order valence-corrected chi connectivity index (χ4v) is 2.09.